The Labute approximate surface area is 148 Å². The Balaban J connectivity index is 1.87. The molecule has 1 amide bonds. The van der Waals surface area contributed by atoms with Crippen LogP contribution in [-0.4, -0.2) is 16.1 Å². The predicted octanol–water partition coefficient (Wildman–Crippen LogP) is 4.52. The van der Waals surface area contributed by atoms with Crippen LogP contribution < -0.4 is 5.32 Å². The molecule has 1 aromatic heterocycles. The Morgan fingerprint density at radius 3 is 2.54 bits per heavy atom. The summed E-state index contributed by atoms with van der Waals surface area (Å²) < 4.78 is 0. The summed E-state index contributed by atoms with van der Waals surface area (Å²) in [6, 6.07) is 12.9. The number of H-pyrrole nitrogens is 1. The van der Waals surface area contributed by atoms with Gasteiger partial charge in [0.2, 0.25) is 0 Å². The third-order valence-electron chi connectivity index (χ3n) is 4.19. The molecular weight excluding hydrogens is 345 g/mol. The van der Waals surface area contributed by atoms with Crippen LogP contribution in [0.1, 0.15) is 33.2 Å². The fraction of sp³-hybridized carbons (Fsp3) is 0.111. The molecular formula is C18H13Cl2N3O. The van der Waals surface area contributed by atoms with E-state index in [0.29, 0.717) is 15.7 Å². The molecule has 0 saturated carbocycles. The van der Waals surface area contributed by atoms with E-state index >= 15 is 0 Å². The van der Waals surface area contributed by atoms with Crippen LogP contribution in [0.2, 0.25) is 10.0 Å². The Morgan fingerprint density at radius 2 is 1.83 bits per heavy atom. The minimum atomic E-state index is -0.354. The number of hydrogen-bond acceptors (Lipinski definition) is 2. The Hall–Kier alpha value is -2.30. The van der Waals surface area contributed by atoms with Gasteiger partial charge in [0, 0.05) is 21.2 Å². The summed E-state index contributed by atoms with van der Waals surface area (Å²) in [5.41, 5.74) is 4.94. The van der Waals surface area contributed by atoms with E-state index in [2.05, 4.69) is 15.5 Å². The zero-order valence-corrected chi connectivity index (χ0v) is 14.2. The van der Waals surface area contributed by atoms with Crippen molar-refractivity contribution in [3.05, 3.63) is 74.9 Å². The number of nitrogens with zero attached hydrogens (tertiary/aromatic N) is 1. The van der Waals surface area contributed by atoms with Crippen LogP contribution in [0.3, 0.4) is 0 Å². The van der Waals surface area contributed by atoms with Crippen LogP contribution in [0, 0.1) is 6.92 Å². The first-order valence-electron chi connectivity index (χ1n) is 7.45. The zero-order valence-electron chi connectivity index (χ0n) is 12.7. The number of fused-ring (bicyclic) bond motifs is 1. The van der Waals surface area contributed by atoms with Crippen molar-refractivity contribution in [2.24, 2.45) is 0 Å². The van der Waals surface area contributed by atoms with E-state index < -0.39 is 0 Å². The van der Waals surface area contributed by atoms with Gasteiger partial charge in [-0.3, -0.25) is 9.89 Å². The largest absolute Gasteiger partial charge is 0.340 e. The van der Waals surface area contributed by atoms with Gasteiger partial charge in [0.15, 0.2) is 0 Å². The van der Waals surface area contributed by atoms with Gasteiger partial charge in [-0.1, -0.05) is 59.1 Å². The average molecular weight is 358 g/mol. The van der Waals surface area contributed by atoms with Crippen LogP contribution in [-0.2, 0) is 0 Å². The zero-order chi connectivity index (χ0) is 16.8. The molecule has 0 spiro atoms. The van der Waals surface area contributed by atoms with E-state index in [1.54, 1.807) is 12.1 Å². The lowest BCUT2D eigenvalue weighted by molar-refractivity contribution is 0.0955. The minimum absolute atomic E-state index is 0.188. The number of nitrogens with one attached hydrogen (secondary N) is 2. The fourth-order valence-electron chi connectivity index (χ4n) is 2.98. The number of carbonyl (C=O) groups is 1. The second-order valence-corrected chi connectivity index (χ2v) is 6.64. The maximum absolute atomic E-state index is 12.3. The number of hydrogen-bond donors (Lipinski definition) is 2. The van der Waals surface area contributed by atoms with E-state index in [1.165, 1.54) is 0 Å². The molecule has 1 aliphatic rings. The van der Waals surface area contributed by atoms with E-state index in [1.807, 2.05) is 37.3 Å². The smallest absolute Gasteiger partial charge is 0.270 e. The van der Waals surface area contributed by atoms with Crippen molar-refractivity contribution in [3.63, 3.8) is 0 Å². The van der Waals surface area contributed by atoms with Gasteiger partial charge < -0.3 is 5.32 Å². The topological polar surface area (TPSA) is 57.8 Å². The van der Waals surface area contributed by atoms with Gasteiger partial charge in [0.25, 0.3) is 5.91 Å². The van der Waals surface area contributed by atoms with Crippen LogP contribution in [0.25, 0.3) is 11.3 Å². The molecule has 0 aliphatic carbocycles. The number of halogens is 2. The van der Waals surface area contributed by atoms with Crippen molar-refractivity contribution in [1.29, 1.82) is 0 Å². The van der Waals surface area contributed by atoms with Crippen LogP contribution in [0.15, 0.2) is 42.5 Å². The van der Waals surface area contributed by atoms with Gasteiger partial charge in [0.05, 0.1) is 11.7 Å². The Bertz CT molecular complexity index is 947. The van der Waals surface area contributed by atoms with Gasteiger partial charge >= 0.3 is 0 Å². The number of amides is 1. The van der Waals surface area contributed by atoms with Crippen LogP contribution >= 0.6 is 23.2 Å². The van der Waals surface area contributed by atoms with Crippen molar-refractivity contribution in [3.8, 4) is 11.3 Å². The lowest BCUT2D eigenvalue weighted by Crippen LogP contribution is -2.21. The normalized spacial score (nSPS) is 16.1. The first-order valence-corrected chi connectivity index (χ1v) is 8.21. The average Bonchev–Trinajstić information content (AvgIpc) is 3.10. The number of benzene rings is 2. The van der Waals surface area contributed by atoms with Crippen molar-refractivity contribution in [2.45, 2.75) is 13.0 Å². The molecule has 3 aromatic rings. The second-order valence-electron chi connectivity index (χ2n) is 5.80. The molecule has 0 fully saturated rings. The van der Waals surface area contributed by atoms with Gasteiger partial charge in [0.1, 0.15) is 5.69 Å². The monoisotopic (exact) mass is 357 g/mol. The first-order chi connectivity index (χ1) is 11.5. The third-order valence-corrected chi connectivity index (χ3v) is 4.76. The highest BCUT2D eigenvalue weighted by molar-refractivity contribution is 6.35. The summed E-state index contributed by atoms with van der Waals surface area (Å²) in [5, 5.41) is 11.2. The third kappa shape index (κ3) is 2.39. The first kappa shape index (κ1) is 15.2. The molecule has 1 unspecified atom stereocenters. The highest BCUT2D eigenvalue weighted by Gasteiger charge is 2.36. The molecule has 4 nitrogen and oxygen atoms in total. The number of carbonyl (C=O) groups excluding carboxylic acids is 1. The van der Waals surface area contributed by atoms with E-state index in [-0.39, 0.29) is 11.9 Å². The summed E-state index contributed by atoms with van der Waals surface area (Å²) in [6.07, 6.45) is 0. The van der Waals surface area contributed by atoms with E-state index in [4.69, 9.17) is 23.2 Å². The Morgan fingerprint density at radius 1 is 1.08 bits per heavy atom. The molecule has 0 bridgehead atoms. The van der Waals surface area contributed by atoms with Crippen molar-refractivity contribution in [2.75, 3.05) is 0 Å². The van der Waals surface area contributed by atoms with E-state index in [0.717, 1.165) is 27.9 Å². The molecule has 2 heterocycles. The predicted molar refractivity (Wildman–Crippen MR) is 94.5 cm³/mol. The van der Waals surface area contributed by atoms with Gasteiger partial charge in [-0.2, -0.15) is 5.10 Å². The molecule has 2 N–H and O–H groups in total. The fourth-order valence-corrected chi connectivity index (χ4v) is 3.50. The maximum Gasteiger partial charge on any atom is 0.270 e. The number of aromatic amines is 1. The van der Waals surface area contributed by atoms with Crippen molar-refractivity contribution >= 4 is 29.1 Å². The quantitative estimate of drug-likeness (QED) is 0.707. The minimum Gasteiger partial charge on any atom is -0.340 e. The van der Waals surface area contributed by atoms with Crippen LogP contribution in [0.4, 0.5) is 0 Å². The highest BCUT2D eigenvalue weighted by atomic mass is 35.5. The lowest BCUT2D eigenvalue weighted by Gasteiger charge is -2.15. The molecule has 0 saturated heterocycles. The van der Waals surface area contributed by atoms with Gasteiger partial charge in [-0.05, 0) is 24.6 Å². The summed E-state index contributed by atoms with van der Waals surface area (Å²) in [6.45, 7) is 2.03. The molecule has 6 heteroatoms. The molecule has 120 valence electrons. The molecule has 1 aliphatic heterocycles. The van der Waals surface area contributed by atoms with Crippen molar-refractivity contribution in [1.82, 2.24) is 15.5 Å². The summed E-state index contributed by atoms with van der Waals surface area (Å²) in [4.78, 5) is 12.3. The van der Waals surface area contributed by atoms with Crippen LogP contribution in [0.5, 0.6) is 0 Å². The van der Waals surface area contributed by atoms with Crippen molar-refractivity contribution < 1.29 is 4.79 Å². The maximum atomic E-state index is 12.3. The molecule has 1 atom stereocenters. The SMILES string of the molecule is Cc1ccc(-c2n[nH]c3c2C(c2ccc(Cl)cc2Cl)NC3=O)cc1. The number of aryl methyl sites for hydroxylation is 1. The number of aromatic nitrogens is 2. The second kappa shape index (κ2) is 5.65. The highest BCUT2D eigenvalue weighted by Crippen LogP contribution is 2.39. The molecule has 24 heavy (non-hydrogen) atoms. The summed E-state index contributed by atoms with van der Waals surface area (Å²) in [7, 11) is 0. The molecule has 4 rings (SSSR count). The standard InChI is InChI=1S/C18H13Cl2N3O/c1-9-2-4-10(5-3-9)15-14-16(21-18(24)17(14)23-22-15)12-7-6-11(19)8-13(12)20/h2-8,16H,1H3,(H,21,24)(H,22,23). The van der Waals surface area contributed by atoms with Gasteiger partial charge in [-0.15, -0.1) is 0 Å². The van der Waals surface area contributed by atoms with Gasteiger partial charge in [-0.25, -0.2) is 0 Å². The Kier molecular flexibility index (Phi) is 3.59. The van der Waals surface area contributed by atoms with E-state index in [9.17, 15) is 4.79 Å². The molecule has 2 aromatic carbocycles. The number of rotatable bonds is 2. The summed E-state index contributed by atoms with van der Waals surface area (Å²) >= 11 is 12.3. The lowest BCUT2D eigenvalue weighted by atomic mass is 9.96. The summed E-state index contributed by atoms with van der Waals surface area (Å²) in [5.74, 6) is -0.188. The molecule has 0 radical (unpaired) electrons.